The molecule has 0 saturated carbocycles. The molecule has 0 unspecified atom stereocenters. The van der Waals surface area contributed by atoms with Gasteiger partial charge in [0, 0.05) is 23.0 Å². The normalized spacial score (nSPS) is 11.4. The summed E-state index contributed by atoms with van der Waals surface area (Å²) in [7, 11) is 0. The van der Waals surface area contributed by atoms with Gasteiger partial charge in [-0.2, -0.15) is 5.10 Å². The molecule has 0 aliphatic heterocycles. The Balaban J connectivity index is 2.17. The van der Waals surface area contributed by atoms with Gasteiger partial charge in [-0.3, -0.25) is 4.79 Å². The van der Waals surface area contributed by atoms with Gasteiger partial charge in [0.05, 0.1) is 5.69 Å². The maximum atomic E-state index is 12.2. The third kappa shape index (κ3) is 3.07. The Labute approximate surface area is 119 Å². The van der Waals surface area contributed by atoms with Crippen molar-refractivity contribution in [3.05, 3.63) is 47.8 Å². The van der Waals surface area contributed by atoms with E-state index in [1.807, 2.05) is 55.8 Å². The second-order valence-electron chi connectivity index (χ2n) is 5.62. The molecular weight excluding hydrogens is 250 g/mol. The fraction of sp³-hybridized carbons (Fsp3) is 0.375. The molecular formula is C16H21N3O. The molecule has 1 aromatic carbocycles. The third-order valence-corrected chi connectivity index (χ3v) is 3.54. The summed E-state index contributed by atoms with van der Waals surface area (Å²) in [5, 5.41) is 7.28. The van der Waals surface area contributed by atoms with Crippen molar-refractivity contribution in [2.24, 2.45) is 0 Å². The number of amides is 1. The van der Waals surface area contributed by atoms with Crippen LogP contribution in [-0.4, -0.2) is 21.2 Å². The number of rotatable bonds is 4. The fourth-order valence-electron chi connectivity index (χ4n) is 1.86. The minimum Gasteiger partial charge on any atom is -0.347 e. The number of carbonyl (C=O) groups is 1. The minimum atomic E-state index is -0.186. The molecule has 4 nitrogen and oxygen atoms in total. The molecule has 0 bridgehead atoms. The number of nitrogens with zero attached hydrogens (tertiary/aromatic N) is 2. The maximum absolute atomic E-state index is 12.2. The molecule has 0 atom stereocenters. The van der Waals surface area contributed by atoms with Crippen LogP contribution >= 0.6 is 0 Å². The topological polar surface area (TPSA) is 46.9 Å². The van der Waals surface area contributed by atoms with Crippen molar-refractivity contribution in [1.29, 1.82) is 0 Å². The van der Waals surface area contributed by atoms with Crippen molar-refractivity contribution < 1.29 is 4.79 Å². The van der Waals surface area contributed by atoms with Crippen LogP contribution in [0.3, 0.4) is 0 Å². The number of carbonyl (C=O) groups excluding carboxylic acids is 1. The van der Waals surface area contributed by atoms with Crippen LogP contribution in [0.1, 0.15) is 43.2 Å². The molecule has 0 radical (unpaired) electrons. The lowest BCUT2D eigenvalue weighted by atomic mass is 10.0. The second kappa shape index (κ2) is 5.49. The quantitative estimate of drug-likeness (QED) is 0.928. The predicted molar refractivity (Wildman–Crippen MR) is 80.1 cm³/mol. The molecule has 1 heterocycles. The van der Waals surface area contributed by atoms with E-state index in [2.05, 4.69) is 17.3 Å². The van der Waals surface area contributed by atoms with E-state index in [4.69, 9.17) is 0 Å². The molecule has 0 aliphatic rings. The average Bonchev–Trinajstić information content (AvgIpc) is 2.85. The Hall–Kier alpha value is -2.10. The number of hydrogen-bond acceptors (Lipinski definition) is 2. The fourth-order valence-corrected chi connectivity index (χ4v) is 1.86. The van der Waals surface area contributed by atoms with Crippen LogP contribution in [-0.2, 0) is 0 Å². The third-order valence-electron chi connectivity index (χ3n) is 3.54. The van der Waals surface area contributed by atoms with E-state index in [0.717, 1.165) is 17.8 Å². The number of nitrogens with one attached hydrogen (secondary N) is 1. The number of aryl methyl sites for hydroxylation is 1. The molecule has 2 aromatic rings. The average molecular weight is 271 g/mol. The monoisotopic (exact) mass is 271 g/mol. The van der Waals surface area contributed by atoms with Gasteiger partial charge >= 0.3 is 0 Å². The highest BCUT2D eigenvalue weighted by atomic mass is 16.1. The van der Waals surface area contributed by atoms with Gasteiger partial charge in [-0.1, -0.05) is 6.92 Å². The summed E-state index contributed by atoms with van der Waals surface area (Å²) in [4.78, 5) is 12.2. The number of benzene rings is 1. The summed E-state index contributed by atoms with van der Waals surface area (Å²) in [6.45, 7) is 8.10. The second-order valence-corrected chi connectivity index (χ2v) is 5.62. The summed E-state index contributed by atoms with van der Waals surface area (Å²) in [5.41, 5.74) is 2.50. The zero-order valence-corrected chi connectivity index (χ0v) is 12.5. The molecule has 0 spiro atoms. The molecule has 1 N–H and O–H groups in total. The van der Waals surface area contributed by atoms with Crippen molar-refractivity contribution in [2.45, 2.75) is 39.7 Å². The van der Waals surface area contributed by atoms with Gasteiger partial charge in [-0.15, -0.1) is 0 Å². The molecule has 20 heavy (non-hydrogen) atoms. The Morgan fingerprint density at radius 3 is 2.40 bits per heavy atom. The standard InChI is InChI=1S/C16H21N3O/c1-5-16(3,4)18-15(20)13-6-8-14(9-7-13)19-12(2)10-11-17-19/h6-11H,5H2,1-4H3,(H,18,20). The molecule has 4 heteroatoms. The van der Waals surface area contributed by atoms with Crippen LogP contribution in [0.5, 0.6) is 0 Å². The zero-order valence-electron chi connectivity index (χ0n) is 12.5. The molecule has 2 rings (SSSR count). The highest BCUT2D eigenvalue weighted by Crippen LogP contribution is 2.13. The molecule has 1 aromatic heterocycles. The summed E-state index contributed by atoms with van der Waals surface area (Å²) in [6.07, 6.45) is 2.66. The zero-order chi connectivity index (χ0) is 14.8. The van der Waals surface area contributed by atoms with E-state index < -0.39 is 0 Å². The highest BCUT2D eigenvalue weighted by molar-refractivity contribution is 5.94. The molecule has 1 amide bonds. The molecule has 0 aliphatic carbocycles. The van der Waals surface area contributed by atoms with Gasteiger partial charge in [0.1, 0.15) is 0 Å². The Morgan fingerprint density at radius 1 is 1.25 bits per heavy atom. The summed E-state index contributed by atoms with van der Waals surface area (Å²) in [6, 6.07) is 9.43. The largest absolute Gasteiger partial charge is 0.347 e. The van der Waals surface area contributed by atoms with Crippen molar-refractivity contribution >= 4 is 5.91 Å². The molecule has 0 saturated heterocycles. The van der Waals surface area contributed by atoms with Crippen LogP contribution in [0, 0.1) is 6.92 Å². The van der Waals surface area contributed by atoms with E-state index in [9.17, 15) is 4.79 Å². The lowest BCUT2D eigenvalue weighted by Gasteiger charge is -2.24. The first kappa shape index (κ1) is 14.3. The van der Waals surface area contributed by atoms with Crippen molar-refractivity contribution in [3.63, 3.8) is 0 Å². The Morgan fingerprint density at radius 2 is 1.90 bits per heavy atom. The lowest BCUT2D eigenvalue weighted by molar-refractivity contribution is 0.0911. The first-order valence-electron chi connectivity index (χ1n) is 6.86. The van der Waals surface area contributed by atoms with Crippen LogP contribution in [0.25, 0.3) is 5.69 Å². The Kier molecular flexibility index (Phi) is 3.93. The summed E-state index contributed by atoms with van der Waals surface area (Å²) < 4.78 is 1.84. The van der Waals surface area contributed by atoms with Gasteiger partial charge in [-0.05, 0) is 57.5 Å². The van der Waals surface area contributed by atoms with E-state index in [1.54, 1.807) is 6.20 Å². The minimum absolute atomic E-state index is 0.0411. The Bertz CT molecular complexity index is 596. The van der Waals surface area contributed by atoms with E-state index in [0.29, 0.717) is 5.56 Å². The first-order chi connectivity index (χ1) is 9.43. The smallest absolute Gasteiger partial charge is 0.251 e. The summed E-state index contributed by atoms with van der Waals surface area (Å²) in [5.74, 6) is -0.0411. The van der Waals surface area contributed by atoms with Crippen LogP contribution < -0.4 is 5.32 Å². The van der Waals surface area contributed by atoms with Crippen molar-refractivity contribution in [3.8, 4) is 5.69 Å². The van der Waals surface area contributed by atoms with E-state index >= 15 is 0 Å². The number of hydrogen-bond donors (Lipinski definition) is 1. The highest BCUT2D eigenvalue weighted by Gasteiger charge is 2.18. The summed E-state index contributed by atoms with van der Waals surface area (Å²) >= 11 is 0. The molecule has 106 valence electrons. The maximum Gasteiger partial charge on any atom is 0.251 e. The van der Waals surface area contributed by atoms with Crippen molar-refractivity contribution in [1.82, 2.24) is 15.1 Å². The van der Waals surface area contributed by atoms with E-state index in [-0.39, 0.29) is 11.4 Å². The SMILES string of the molecule is CCC(C)(C)NC(=O)c1ccc(-n2nccc2C)cc1. The number of aromatic nitrogens is 2. The lowest BCUT2D eigenvalue weighted by Crippen LogP contribution is -2.42. The van der Waals surface area contributed by atoms with Crippen molar-refractivity contribution in [2.75, 3.05) is 0 Å². The van der Waals surface area contributed by atoms with Crippen LogP contribution in [0.4, 0.5) is 0 Å². The first-order valence-corrected chi connectivity index (χ1v) is 6.86. The van der Waals surface area contributed by atoms with Gasteiger partial charge in [0.25, 0.3) is 5.91 Å². The van der Waals surface area contributed by atoms with Gasteiger partial charge in [-0.25, -0.2) is 4.68 Å². The van der Waals surface area contributed by atoms with Gasteiger partial charge in [0.15, 0.2) is 0 Å². The van der Waals surface area contributed by atoms with Gasteiger partial charge < -0.3 is 5.32 Å². The predicted octanol–water partition coefficient (Wildman–Crippen LogP) is 3.10. The van der Waals surface area contributed by atoms with Gasteiger partial charge in [0.2, 0.25) is 0 Å². The van der Waals surface area contributed by atoms with Crippen LogP contribution in [0.2, 0.25) is 0 Å². The van der Waals surface area contributed by atoms with Crippen LogP contribution in [0.15, 0.2) is 36.5 Å². The molecule has 0 fully saturated rings. The van der Waals surface area contributed by atoms with E-state index in [1.165, 1.54) is 0 Å².